The van der Waals surface area contributed by atoms with Crippen LogP contribution in [0.3, 0.4) is 0 Å². The quantitative estimate of drug-likeness (QED) is 0.0858. The van der Waals surface area contributed by atoms with E-state index in [4.69, 9.17) is 0 Å². The zero-order valence-corrected chi connectivity index (χ0v) is 32.0. The zero-order chi connectivity index (χ0) is 36.4. The van der Waals surface area contributed by atoms with E-state index < -0.39 is 35.1 Å². The first-order chi connectivity index (χ1) is 22.7. The summed E-state index contributed by atoms with van der Waals surface area (Å²) in [5, 5.41) is 0. The van der Waals surface area contributed by atoms with Crippen LogP contribution in [0.5, 0.6) is 0 Å². The van der Waals surface area contributed by atoms with E-state index in [0.29, 0.717) is 21.2 Å². The van der Waals surface area contributed by atoms with Crippen molar-refractivity contribution in [1.82, 2.24) is 4.98 Å². The molecule has 260 valence electrons. The van der Waals surface area contributed by atoms with E-state index in [1.807, 2.05) is 93.8 Å². The third kappa shape index (κ3) is 8.51. The number of halogens is 3. The number of allylic oxidation sites excluding steroid dienone is 1. The number of thioether (sulfide) groups is 1. The Morgan fingerprint density at radius 3 is 2.04 bits per heavy atom. The summed E-state index contributed by atoms with van der Waals surface area (Å²) < 4.78 is 43.8. The van der Waals surface area contributed by atoms with Gasteiger partial charge in [-0.2, -0.15) is 8.78 Å². The Bertz CT molecular complexity index is 1880. The number of ketones is 1. The number of carbonyl (C=O) groups is 1. The lowest BCUT2D eigenvalue weighted by molar-refractivity contribution is -0.335. The third-order valence-corrected chi connectivity index (χ3v) is 10.7. The maximum Gasteiger partial charge on any atom is 0.297 e. The predicted octanol–water partition coefficient (Wildman–Crippen LogP) is 9.59. The molecule has 0 saturated heterocycles. The van der Waals surface area contributed by atoms with Crippen LogP contribution in [0.4, 0.5) is 8.78 Å². The number of benzene rings is 3. The van der Waals surface area contributed by atoms with Gasteiger partial charge in [-0.1, -0.05) is 108 Å². The van der Waals surface area contributed by atoms with Gasteiger partial charge >= 0.3 is 0 Å². The second-order valence-corrected chi connectivity index (χ2v) is 17.6. The number of Topliss-reactive ketones (excluding diaryl/α,β-unsaturated/α-hetero) is 1. The van der Waals surface area contributed by atoms with Crippen LogP contribution in [0.15, 0.2) is 101 Å². The summed E-state index contributed by atoms with van der Waals surface area (Å²) >= 11 is 5.03. The smallest absolute Gasteiger partial charge is 0.297 e. The molecule has 0 fully saturated rings. The fourth-order valence-electron chi connectivity index (χ4n) is 6.43. The Kier molecular flexibility index (Phi) is 11.7. The molecule has 0 saturated carbocycles. The number of rotatable bonds is 11. The number of pyridine rings is 1. The monoisotopic (exact) mass is 767 g/mol. The minimum atomic E-state index is -6.39. The molecular weight excluding hydrogens is 727 g/mol. The van der Waals surface area contributed by atoms with Gasteiger partial charge in [-0.15, -0.1) is 11.8 Å². The van der Waals surface area contributed by atoms with Crippen LogP contribution in [0.1, 0.15) is 91.7 Å². The van der Waals surface area contributed by atoms with Crippen molar-refractivity contribution in [3.8, 4) is 0 Å². The Morgan fingerprint density at radius 1 is 0.898 bits per heavy atom. The average Bonchev–Trinajstić information content (AvgIpc) is 3.02. The van der Waals surface area contributed by atoms with Crippen molar-refractivity contribution in [3.05, 3.63) is 135 Å². The molecule has 49 heavy (non-hydrogen) atoms. The van der Waals surface area contributed by atoms with E-state index in [2.05, 4.69) is 20.9 Å². The van der Waals surface area contributed by atoms with E-state index in [1.54, 1.807) is 44.8 Å². The highest BCUT2D eigenvalue weighted by molar-refractivity contribution is 9.10. The summed E-state index contributed by atoms with van der Waals surface area (Å²) in [7, 11) is -6.39. The van der Waals surface area contributed by atoms with Crippen LogP contribution in [0.25, 0.3) is 6.08 Å². The van der Waals surface area contributed by atoms with E-state index in [1.165, 1.54) is 12.3 Å². The number of nitrogens with zero attached hydrogens (tertiary/aromatic N) is 1. The molecule has 1 heterocycles. The maximum absolute atomic E-state index is 15.6. The van der Waals surface area contributed by atoms with Crippen molar-refractivity contribution >= 4 is 47.1 Å². The molecule has 0 radical (unpaired) electrons. The van der Waals surface area contributed by atoms with Crippen LogP contribution < -0.4 is 9.79 Å². The summed E-state index contributed by atoms with van der Waals surface area (Å²) in [5.41, 5.74) is -5.33. The molecule has 4 rings (SSSR count). The second kappa shape index (κ2) is 14.7. The van der Waals surface area contributed by atoms with Crippen LogP contribution in [-0.2, 0) is 32.9 Å². The lowest BCUT2D eigenvalue weighted by atomic mass is 9.64. The Balaban J connectivity index is 2.10. The van der Waals surface area contributed by atoms with Crippen molar-refractivity contribution in [2.24, 2.45) is 0 Å². The van der Waals surface area contributed by atoms with Gasteiger partial charge in [0.1, 0.15) is 0 Å². The Hall–Kier alpha value is -2.94. The van der Waals surface area contributed by atoms with Crippen molar-refractivity contribution in [2.45, 2.75) is 81.2 Å². The van der Waals surface area contributed by atoms with Gasteiger partial charge in [0.25, 0.3) is 5.66 Å². The van der Waals surface area contributed by atoms with E-state index >= 15 is 13.6 Å². The van der Waals surface area contributed by atoms with Crippen molar-refractivity contribution in [1.29, 1.82) is 0 Å². The minimum absolute atomic E-state index is 0.0810. The molecule has 0 amide bonds. The van der Waals surface area contributed by atoms with Gasteiger partial charge in [0.15, 0.2) is 5.78 Å². The fourth-order valence-corrected chi connectivity index (χ4v) is 7.69. The molecule has 0 aliphatic carbocycles. The number of hydrogen-bond acceptors (Lipinski definition) is 6. The van der Waals surface area contributed by atoms with E-state index in [9.17, 15) is 14.4 Å². The first-order valence-electron chi connectivity index (χ1n) is 15.8. The maximum atomic E-state index is 15.6. The predicted molar refractivity (Wildman–Crippen MR) is 195 cm³/mol. The lowest BCUT2D eigenvalue weighted by Gasteiger charge is -2.43. The normalized spacial score (nSPS) is 14.2. The number of aromatic nitrogens is 1. The number of hydrogen-bond donors (Lipinski definition) is 0. The summed E-state index contributed by atoms with van der Waals surface area (Å²) in [6.45, 7) is 10.7. The molecular formula is C39H41BrF2NO4PS-2. The lowest BCUT2D eigenvalue weighted by Crippen LogP contribution is -2.40. The fraction of sp³-hybridized carbons (Fsp3) is 0.333. The molecule has 10 heteroatoms. The first-order valence-corrected chi connectivity index (χ1v) is 19.4. The Labute approximate surface area is 301 Å². The number of alkyl halides is 2. The van der Waals surface area contributed by atoms with Gasteiger partial charge < -0.3 is 14.4 Å². The molecule has 0 bridgehead atoms. The van der Waals surface area contributed by atoms with Gasteiger partial charge in [-0.25, -0.2) is 0 Å². The Morgan fingerprint density at radius 2 is 1.51 bits per heavy atom. The summed E-state index contributed by atoms with van der Waals surface area (Å²) in [6.07, 6.45) is 9.32. The van der Waals surface area contributed by atoms with Crippen LogP contribution >= 0.6 is 35.3 Å². The topological polar surface area (TPSA) is 93.1 Å². The van der Waals surface area contributed by atoms with Crippen LogP contribution in [0, 0.1) is 0 Å². The van der Waals surface area contributed by atoms with E-state index in [0.717, 1.165) is 22.1 Å². The molecule has 5 nitrogen and oxygen atoms in total. The molecule has 3 aromatic carbocycles. The minimum Gasteiger partial charge on any atom is -0.806 e. The van der Waals surface area contributed by atoms with Gasteiger partial charge in [-0.3, -0.25) is 9.78 Å². The van der Waals surface area contributed by atoms with Gasteiger partial charge in [0.05, 0.1) is 5.41 Å². The molecule has 1 aromatic heterocycles. The molecule has 0 aliphatic rings. The largest absolute Gasteiger partial charge is 0.806 e. The molecule has 0 aliphatic heterocycles. The van der Waals surface area contributed by atoms with Gasteiger partial charge in [-0.05, 0) is 91.9 Å². The van der Waals surface area contributed by atoms with Crippen LogP contribution in [-0.4, -0.2) is 17.0 Å². The number of carbonyl (C=O) groups excluding carboxylic acids is 1. The highest BCUT2D eigenvalue weighted by atomic mass is 79.9. The summed E-state index contributed by atoms with van der Waals surface area (Å²) in [6, 6.07) is 21.7. The molecule has 1 atom stereocenters. The summed E-state index contributed by atoms with van der Waals surface area (Å²) in [4.78, 5) is 44.4. The van der Waals surface area contributed by atoms with Gasteiger partial charge in [0.2, 0.25) is 0 Å². The highest BCUT2D eigenvalue weighted by Gasteiger charge is 2.45. The van der Waals surface area contributed by atoms with Gasteiger partial charge in [0, 0.05) is 40.5 Å². The molecule has 1 unspecified atom stereocenters. The molecule has 0 spiro atoms. The van der Waals surface area contributed by atoms with E-state index in [-0.39, 0.29) is 24.2 Å². The average molecular weight is 769 g/mol. The summed E-state index contributed by atoms with van der Waals surface area (Å²) in [5.74, 6) is -0.217. The SMILES string of the molecule is CSc1ccc(C(C/C=C/c2ccccc2)(Cc2ccc(C(F)(F)P(=O)([O-])[O-])c(C(C)(C)C)c2C(C)(C)C)C(=O)c2cncc(Br)c2)cc1. The van der Waals surface area contributed by atoms with Crippen LogP contribution in [0.2, 0.25) is 0 Å². The first kappa shape index (κ1) is 38.9. The standard InChI is InChI=1S/C39H43BrF2NO4PS/c1-36(2,3)33-27(15-20-32(34(33)37(4,5)6)39(41,42)48(45,46)47)23-38(29-16-18-31(49-7)19-17-29,21-11-14-26-12-9-8-10-13-26)35(44)28-22-30(40)25-43-24-28/h8-20,22,24-25H,21,23H2,1-7H3,(H2,45,46,47)/p-2/b14-11+. The highest BCUT2D eigenvalue weighted by Crippen LogP contribution is 2.57. The van der Waals surface area contributed by atoms with Crippen molar-refractivity contribution in [2.75, 3.05) is 6.26 Å². The zero-order valence-electron chi connectivity index (χ0n) is 28.7. The molecule has 0 N–H and O–H groups in total. The second-order valence-electron chi connectivity index (χ2n) is 14.3. The molecule has 4 aromatic rings. The van der Waals surface area contributed by atoms with Crippen molar-refractivity contribution in [3.63, 3.8) is 0 Å². The third-order valence-electron chi connectivity index (χ3n) is 8.57. The van der Waals surface area contributed by atoms with Crippen molar-refractivity contribution < 1.29 is 27.9 Å².